The van der Waals surface area contributed by atoms with E-state index >= 15 is 0 Å². The zero-order valence-electron chi connectivity index (χ0n) is 14.2. The Balaban J connectivity index is 1.86. The van der Waals surface area contributed by atoms with E-state index in [1.54, 1.807) is 29.0 Å². The fraction of sp³-hybridized carbons (Fsp3) is 0.529. The fourth-order valence-electron chi connectivity index (χ4n) is 2.58. The Labute approximate surface area is 147 Å². The lowest BCUT2D eigenvalue weighted by atomic mass is 10.1. The molecule has 6 nitrogen and oxygen atoms in total. The summed E-state index contributed by atoms with van der Waals surface area (Å²) in [4.78, 5) is 27.9. The standard InChI is InChI=1S/C17H24ClN3O3/c1-3-6-19-17(23)21-9-7-20(8-10-21)16(22)11-13-4-5-14(24-2)12-15(13)18/h4-5,12H,3,6-11H2,1-2H3,(H,19,23). The van der Waals surface area contributed by atoms with Gasteiger partial charge in [0.2, 0.25) is 5.91 Å². The van der Waals surface area contributed by atoms with Crippen LogP contribution in [-0.2, 0) is 11.2 Å². The van der Waals surface area contributed by atoms with Gasteiger partial charge in [-0.1, -0.05) is 24.6 Å². The molecule has 1 aliphatic rings. The molecule has 0 aromatic heterocycles. The van der Waals surface area contributed by atoms with Crippen LogP contribution in [-0.4, -0.2) is 61.6 Å². The molecule has 24 heavy (non-hydrogen) atoms. The number of benzene rings is 1. The van der Waals surface area contributed by atoms with Gasteiger partial charge in [-0.3, -0.25) is 4.79 Å². The van der Waals surface area contributed by atoms with Crippen molar-refractivity contribution in [3.8, 4) is 5.75 Å². The fourth-order valence-corrected chi connectivity index (χ4v) is 2.81. The van der Waals surface area contributed by atoms with E-state index in [1.165, 1.54) is 0 Å². The van der Waals surface area contributed by atoms with E-state index in [0.717, 1.165) is 12.0 Å². The van der Waals surface area contributed by atoms with E-state index in [9.17, 15) is 9.59 Å². The van der Waals surface area contributed by atoms with Gasteiger partial charge in [-0.15, -0.1) is 0 Å². The summed E-state index contributed by atoms with van der Waals surface area (Å²) >= 11 is 6.19. The molecule has 1 N–H and O–H groups in total. The first-order valence-electron chi connectivity index (χ1n) is 8.18. The average molecular weight is 354 g/mol. The zero-order valence-corrected chi connectivity index (χ0v) is 14.9. The maximum absolute atomic E-state index is 12.4. The summed E-state index contributed by atoms with van der Waals surface area (Å²) in [5.41, 5.74) is 0.783. The van der Waals surface area contributed by atoms with Gasteiger partial charge in [0.25, 0.3) is 0 Å². The molecule has 7 heteroatoms. The largest absolute Gasteiger partial charge is 0.497 e. The summed E-state index contributed by atoms with van der Waals surface area (Å²) in [6, 6.07) is 5.26. The molecule has 0 unspecified atom stereocenters. The molecule has 0 aliphatic carbocycles. The van der Waals surface area contributed by atoms with Crippen molar-refractivity contribution >= 4 is 23.5 Å². The molecule has 0 bridgehead atoms. The van der Waals surface area contributed by atoms with Gasteiger partial charge in [0.1, 0.15) is 5.75 Å². The molecule has 2 rings (SSSR count). The lowest BCUT2D eigenvalue weighted by molar-refractivity contribution is -0.131. The highest BCUT2D eigenvalue weighted by Crippen LogP contribution is 2.23. The topological polar surface area (TPSA) is 61.9 Å². The lowest BCUT2D eigenvalue weighted by Gasteiger charge is -2.34. The van der Waals surface area contributed by atoms with E-state index in [1.807, 2.05) is 13.0 Å². The van der Waals surface area contributed by atoms with Crippen LogP contribution in [0.2, 0.25) is 5.02 Å². The SMILES string of the molecule is CCCNC(=O)N1CCN(C(=O)Cc2ccc(OC)cc2Cl)CC1. The molecule has 0 radical (unpaired) electrons. The zero-order chi connectivity index (χ0) is 17.5. The maximum Gasteiger partial charge on any atom is 0.317 e. The molecule has 1 aliphatic heterocycles. The maximum atomic E-state index is 12.4. The lowest BCUT2D eigenvalue weighted by Crippen LogP contribution is -2.53. The molecule has 0 atom stereocenters. The smallest absolute Gasteiger partial charge is 0.317 e. The molecule has 1 heterocycles. The first-order chi connectivity index (χ1) is 11.5. The Morgan fingerprint density at radius 3 is 2.46 bits per heavy atom. The van der Waals surface area contributed by atoms with Crippen molar-refractivity contribution in [3.63, 3.8) is 0 Å². The molecule has 0 saturated carbocycles. The van der Waals surface area contributed by atoms with Crippen LogP contribution in [0.4, 0.5) is 4.79 Å². The minimum Gasteiger partial charge on any atom is -0.497 e. The van der Waals surface area contributed by atoms with Gasteiger partial charge in [-0.25, -0.2) is 4.79 Å². The molecule has 1 saturated heterocycles. The molecular weight excluding hydrogens is 330 g/mol. The Kier molecular flexibility index (Phi) is 6.73. The van der Waals surface area contributed by atoms with E-state index < -0.39 is 0 Å². The van der Waals surface area contributed by atoms with Crippen LogP contribution in [0.1, 0.15) is 18.9 Å². The third-order valence-electron chi connectivity index (χ3n) is 4.05. The predicted molar refractivity (Wildman–Crippen MR) is 93.6 cm³/mol. The number of carbonyl (C=O) groups excluding carboxylic acids is 2. The summed E-state index contributed by atoms with van der Waals surface area (Å²) in [6.45, 7) is 4.89. The number of carbonyl (C=O) groups is 2. The summed E-state index contributed by atoms with van der Waals surface area (Å²) in [6.07, 6.45) is 1.16. The normalized spacial score (nSPS) is 14.5. The number of hydrogen-bond acceptors (Lipinski definition) is 3. The summed E-state index contributed by atoms with van der Waals surface area (Å²) < 4.78 is 5.11. The molecule has 132 valence electrons. The number of ether oxygens (including phenoxy) is 1. The molecule has 1 aromatic carbocycles. The van der Waals surface area contributed by atoms with Crippen molar-refractivity contribution in [3.05, 3.63) is 28.8 Å². The van der Waals surface area contributed by atoms with Gasteiger partial charge in [0.05, 0.1) is 13.5 Å². The Morgan fingerprint density at radius 2 is 1.88 bits per heavy atom. The third kappa shape index (κ3) is 4.77. The quantitative estimate of drug-likeness (QED) is 0.882. The van der Waals surface area contributed by atoms with Crippen LogP contribution in [0.25, 0.3) is 0 Å². The van der Waals surface area contributed by atoms with Crippen molar-refractivity contribution in [2.24, 2.45) is 0 Å². The van der Waals surface area contributed by atoms with Crippen molar-refractivity contribution in [2.45, 2.75) is 19.8 Å². The van der Waals surface area contributed by atoms with Gasteiger partial charge < -0.3 is 19.9 Å². The predicted octanol–water partition coefficient (Wildman–Crippen LogP) is 2.15. The van der Waals surface area contributed by atoms with Crippen LogP contribution in [0.15, 0.2) is 18.2 Å². The third-order valence-corrected chi connectivity index (χ3v) is 4.40. The summed E-state index contributed by atoms with van der Waals surface area (Å²) in [5.74, 6) is 0.693. The highest BCUT2D eigenvalue weighted by atomic mass is 35.5. The van der Waals surface area contributed by atoms with Crippen molar-refractivity contribution < 1.29 is 14.3 Å². The van der Waals surface area contributed by atoms with Crippen LogP contribution in [0, 0.1) is 0 Å². The number of hydrogen-bond donors (Lipinski definition) is 1. The van der Waals surface area contributed by atoms with E-state index in [4.69, 9.17) is 16.3 Å². The van der Waals surface area contributed by atoms with Crippen LogP contribution >= 0.6 is 11.6 Å². The highest BCUT2D eigenvalue weighted by molar-refractivity contribution is 6.31. The van der Waals surface area contributed by atoms with Gasteiger partial charge in [-0.05, 0) is 24.1 Å². The Bertz CT molecular complexity index is 586. The Hall–Kier alpha value is -1.95. The van der Waals surface area contributed by atoms with Gasteiger partial charge >= 0.3 is 6.03 Å². The summed E-state index contributed by atoms with van der Waals surface area (Å²) in [5, 5.41) is 3.39. The molecule has 3 amide bonds. The van der Waals surface area contributed by atoms with Gasteiger partial charge in [-0.2, -0.15) is 0 Å². The number of nitrogens with zero attached hydrogens (tertiary/aromatic N) is 2. The molecular formula is C17H24ClN3O3. The number of piperazine rings is 1. The number of urea groups is 1. The van der Waals surface area contributed by atoms with Crippen molar-refractivity contribution in [2.75, 3.05) is 39.8 Å². The van der Waals surface area contributed by atoms with E-state index in [-0.39, 0.29) is 18.4 Å². The van der Waals surface area contributed by atoms with Crippen molar-refractivity contribution in [1.82, 2.24) is 15.1 Å². The minimum absolute atomic E-state index is 0.0238. The second-order valence-corrected chi connectivity index (χ2v) is 6.14. The minimum atomic E-state index is -0.0536. The number of halogens is 1. The second-order valence-electron chi connectivity index (χ2n) is 5.73. The van der Waals surface area contributed by atoms with Gasteiger partial charge in [0, 0.05) is 37.7 Å². The number of rotatable bonds is 5. The van der Waals surface area contributed by atoms with Crippen LogP contribution < -0.4 is 10.1 Å². The van der Waals surface area contributed by atoms with E-state index in [0.29, 0.717) is 43.5 Å². The average Bonchev–Trinajstić information content (AvgIpc) is 2.61. The number of methoxy groups -OCH3 is 1. The molecule has 0 spiro atoms. The van der Waals surface area contributed by atoms with Crippen LogP contribution in [0.3, 0.4) is 0 Å². The molecule has 1 fully saturated rings. The number of nitrogens with one attached hydrogen (secondary N) is 1. The first kappa shape index (κ1) is 18.4. The van der Waals surface area contributed by atoms with Crippen LogP contribution in [0.5, 0.6) is 5.75 Å². The summed E-state index contributed by atoms with van der Waals surface area (Å²) in [7, 11) is 1.58. The van der Waals surface area contributed by atoms with E-state index in [2.05, 4.69) is 5.32 Å². The second kappa shape index (κ2) is 8.78. The highest BCUT2D eigenvalue weighted by Gasteiger charge is 2.24. The van der Waals surface area contributed by atoms with Crippen molar-refractivity contribution in [1.29, 1.82) is 0 Å². The first-order valence-corrected chi connectivity index (χ1v) is 8.56. The monoisotopic (exact) mass is 353 g/mol. The van der Waals surface area contributed by atoms with Gasteiger partial charge in [0.15, 0.2) is 0 Å². The number of amides is 3. The molecule has 1 aromatic rings. The Morgan fingerprint density at radius 1 is 1.21 bits per heavy atom.